The zero-order valence-corrected chi connectivity index (χ0v) is 41.7. The zero-order chi connectivity index (χ0) is 40.2. The number of nitrogens with zero attached hydrogens (tertiary/aromatic N) is 3. The third kappa shape index (κ3) is 16.4. The average molecular weight is 976 g/mol. The number of fused-ring (bicyclic) bond motifs is 3. The molecule has 3 saturated carbocycles. The molecule has 3 aromatic heterocycles. The summed E-state index contributed by atoms with van der Waals surface area (Å²) in [5, 5.41) is 23.5. The smallest absolute Gasteiger partial charge is 1.00 e. The Bertz CT molecular complexity index is 2180. The van der Waals surface area contributed by atoms with E-state index in [1.807, 2.05) is 0 Å². The number of aromatic hydroxyl groups is 1. The minimum Gasteiger partial charge on any atom is -1.00 e. The van der Waals surface area contributed by atoms with E-state index in [9.17, 15) is 18.3 Å². The van der Waals surface area contributed by atoms with Gasteiger partial charge in [-0.2, -0.15) is 0 Å². The van der Waals surface area contributed by atoms with Gasteiger partial charge in [-0.15, -0.1) is 0 Å². The molecule has 9 rings (SSSR count). The van der Waals surface area contributed by atoms with Gasteiger partial charge in [0, 0.05) is 37.6 Å². The second-order valence-corrected chi connectivity index (χ2v) is 14.9. The Labute approximate surface area is 443 Å². The maximum Gasteiger partial charge on any atom is 1.00 e. The summed E-state index contributed by atoms with van der Waals surface area (Å²) >= 11 is 21.0. The van der Waals surface area contributed by atoms with Gasteiger partial charge in [0.15, 0.2) is 0 Å². The normalized spacial score (nSPS) is 13.7. The monoisotopic (exact) mass is 973 g/mol. The number of carbonyl (C=O) groups is 1. The molecule has 3 fully saturated rings. The maximum atomic E-state index is 13.1. The van der Waals surface area contributed by atoms with Crippen molar-refractivity contribution >= 4 is 89.5 Å². The topological polar surface area (TPSA) is 127 Å². The number of alkyl halides is 1. The number of carbonyl (C=O) groups excluding carboxylic acids is 1. The maximum absolute atomic E-state index is 13.1. The Morgan fingerprint density at radius 1 is 0.655 bits per heavy atom. The standard InChI is InChI=1S/2C13H11ClFNO.C9H5ClFNO.C4H7Br.CH2O3.2K.H/c2*14-13-11-5-9(15)3-4-10(11)12(6-16-13)17-7-8-1-2-8;10-9-7-3-5(11)1-2-6(7)8(13)4-12-9;5-3-4-1-2-4;2-1-4-3;;;/h2*3-6,8H,1-2,7H2;1-4,13H;4H,1-3H2;1,3H;;;/q;;;;;2*+1;-1/p-1. The molecule has 0 aliphatic heterocycles. The fraction of sp³-hybridized carbons (Fsp3) is 0.300. The Morgan fingerprint density at radius 3 is 1.33 bits per heavy atom. The molecule has 18 heteroatoms. The molecule has 0 saturated heterocycles. The molecule has 3 aromatic carbocycles. The molecule has 298 valence electrons. The van der Waals surface area contributed by atoms with E-state index in [1.54, 1.807) is 24.5 Å². The number of hydrogen-bond acceptors (Lipinski definition) is 9. The predicted molar refractivity (Wildman–Crippen MR) is 213 cm³/mol. The summed E-state index contributed by atoms with van der Waals surface area (Å²) in [6.07, 6.45) is 12.3. The van der Waals surface area contributed by atoms with Gasteiger partial charge in [-0.25, -0.2) is 28.1 Å². The fourth-order valence-electron chi connectivity index (χ4n) is 4.97. The van der Waals surface area contributed by atoms with Gasteiger partial charge in [-0.3, -0.25) is 4.79 Å². The Kier molecular flexibility index (Phi) is 23.0. The third-order valence-corrected chi connectivity index (χ3v) is 10.4. The van der Waals surface area contributed by atoms with Gasteiger partial charge in [-0.1, -0.05) is 50.7 Å². The van der Waals surface area contributed by atoms with E-state index < -0.39 is 5.82 Å². The van der Waals surface area contributed by atoms with Crippen molar-refractivity contribution in [3.8, 4) is 17.2 Å². The van der Waals surface area contributed by atoms with Crippen molar-refractivity contribution in [2.24, 2.45) is 17.8 Å². The number of ether oxygens (including phenoxy) is 2. The number of aromatic nitrogens is 3. The number of halogens is 7. The van der Waals surface area contributed by atoms with E-state index >= 15 is 0 Å². The van der Waals surface area contributed by atoms with Gasteiger partial charge in [0.2, 0.25) is 0 Å². The summed E-state index contributed by atoms with van der Waals surface area (Å²) in [5.41, 5.74) is 0. The van der Waals surface area contributed by atoms with Gasteiger partial charge in [-0.05, 0) is 111 Å². The molecule has 0 spiro atoms. The molecule has 0 amide bonds. The van der Waals surface area contributed by atoms with Crippen molar-refractivity contribution in [2.75, 3.05) is 18.5 Å². The van der Waals surface area contributed by atoms with Crippen LogP contribution < -0.4 is 118 Å². The first-order valence-corrected chi connectivity index (χ1v) is 19.7. The molecule has 1 N–H and O–H groups in total. The van der Waals surface area contributed by atoms with Gasteiger partial charge < -0.3 is 26.2 Å². The van der Waals surface area contributed by atoms with Crippen LogP contribution in [0.5, 0.6) is 17.2 Å². The molecule has 3 aliphatic rings. The Balaban J connectivity index is 0.000000271. The van der Waals surface area contributed by atoms with Gasteiger partial charge in [0.25, 0.3) is 6.47 Å². The van der Waals surface area contributed by atoms with Crippen molar-refractivity contribution in [1.82, 2.24) is 15.0 Å². The number of benzene rings is 3. The summed E-state index contributed by atoms with van der Waals surface area (Å²) in [6.45, 7) is 1.23. The molecule has 9 nitrogen and oxygen atoms in total. The van der Waals surface area contributed by atoms with Crippen LogP contribution in [0.4, 0.5) is 13.2 Å². The third-order valence-electron chi connectivity index (χ3n) is 8.61. The summed E-state index contributed by atoms with van der Waals surface area (Å²) in [4.78, 5) is 23.0. The first-order chi connectivity index (χ1) is 27.0. The van der Waals surface area contributed by atoms with Gasteiger partial charge >= 0.3 is 103 Å². The van der Waals surface area contributed by atoms with E-state index in [4.69, 9.17) is 54.3 Å². The van der Waals surface area contributed by atoms with Crippen molar-refractivity contribution < 1.29 is 147 Å². The molecule has 3 aliphatic carbocycles. The summed E-state index contributed by atoms with van der Waals surface area (Å²) < 4.78 is 50.5. The number of pyridine rings is 3. The molecule has 3 heterocycles. The summed E-state index contributed by atoms with van der Waals surface area (Å²) in [6, 6.07) is 12.9. The largest absolute Gasteiger partial charge is 1.00 e. The molecule has 0 bridgehead atoms. The second kappa shape index (κ2) is 25.9. The van der Waals surface area contributed by atoms with Crippen LogP contribution in [0.3, 0.4) is 0 Å². The molecule has 6 aromatic rings. The average Bonchev–Trinajstić information content (AvgIpc) is 4.05. The Hall–Kier alpha value is -0.867. The first-order valence-electron chi connectivity index (χ1n) is 17.4. The van der Waals surface area contributed by atoms with Gasteiger partial charge in [0.05, 0.1) is 31.8 Å². The molecular formula is C40H36BrCl3F3K2N3O6. The van der Waals surface area contributed by atoms with Crippen molar-refractivity contribution in [1.29, 1.82) is 0 Å². The molecule has 0 atom stereocenters. The van der Waals surface area contributed by atoms with Crippen LogP contribution in [0.15, 0.2) is 73.2 Å². The summed E-state index contributed by atoms with van der Waals surface area (Å²) in [5.74, 6) is 2.70. The van der Waals surface area contributed by atoms with Crippen LogP contribution in [-0.2, 0) is 9.68 Å². The predicted octanol–water partition coefficient (Wildman–Crippen LogP) is 4.71. The van der Waals surface area contributed by atoms with Crippen LogP contribution >= 0.6 is 50.7 Å². The molecule has 58 heavy (non-hydrogen) atoms. The van der Waals surface area contributed by atoms with Crippen molar-refractivity contribution in [3.05, 3.63) is 106 Å². The van der Waals surface area contributed by atoms with E-state index in [-0.39, 0.29) is 133 Å². The van der Waals surface area contributed by atoms with Crippen LogP contribution in [0.1, 0.15) is 40.0 Å². The molecule has 0 radical (unpaired) electrons. The molecular weight excluding hydrogens is 940 g/mol. The van der Waals surface area contributed by atoms with E-state index in [2.05, 4.69) is 35.8 Å². The molecule has 0 unspecified atom stereocenters. The van der Waals surface area contributed by atoms with E-state index in [0.29, 0.717) is 68.4 Å². The summed E-state index contributed by atoms with van der Waals surface area (Å²) in [7, 11) is 0. The van der Waals surface area contributed by atoms with Crippen LogP contribution in [-0.4, -0.2) is 45.1 Å². The van der Waals surface area contributed by atoms with Crippen LogP contribution in [0.25, 0.3) is 32.3 Å². The SMILES string of the molecule is BrCC1CC1.Fc1ccc2c(OCC3CC3)cnc(Cl)c2c1.Fc1ccc2c(OCC3CC3)cnc(Cl)c2c1.O=CO[O-].Oc1cnc(Cl)c2cc(F)ccc12.[H-].[K+].[K+]. The van der Waals surface area contributed by atoms with Crippen LogP contribution in [0, 0.1) is 35.2 Å². The van der Waals surface area contributed by atoms with Gasteiger partial charge in [0.1, 0.15) is 50.2 Å². The first kappa shape index (κ1) is 51.5. The quantitative estimate of drug-likeness (QED) is 0.0577. The Morgan fingerprint density at radius 2 is 1.00 bits per heavy atom. The van der Waals surface area contributed by atoms with E-state index in [0.717, 1.165) is 16.7 Å². The van der Waals surface area contributed by atoms with E-state index in [1.165, 1.54) is 92.5 Å². The van der Waals surface area contributed by atoms with Crippen LogP contribution in [0.2, 0.25) is 15.5 Å². The van der Waals surface area contributed by atoms with Crippen molar-refractivity contribution in [2.45, 2.75) is 38.5 Å². The number of hydrogen-bond donors (Lipinski definition) is 1. The zero-order valence-electron chi connectivity index (χ0n) is 32.6. The number of rotatable bonds is 8. The second-order valence-electron chi connectivity index (χ2n) is 13.1. The minimum atomic E-state index is -0.401. The minimum absolute atomic E-state index is 0. The fourth-order valence-corrected chi connectivity index (χ4v) is 6.23. The van der Waals surface area contributed by atoms with Crippen molar-refractivity contribution in [3.63, 3.8) is 0 Å².